The highest BCUT2D eigenvalue weighted by Crippen LogP contribution is 2.37. The second-order valence-corrected chi connectivity index (χ2v) is 5.35. The lowest BCUT2D eigenvalue weighted by molar-refractivity contribution is 0.162. The van der Waals surface area contributed by atoms with Crippen LogP contribution in [0.5, 0.6) is 11.5 Å². The molecule has 3 nitrogen and oxygen atoms in total. The maximum absolute atomic E-state index is 5.84. The summed E-state index contributed by atoms with van der Waals surface area (Å²) in [5.41, 5.74) is 1.19. The number of halogens is 1. The molecule has 0 fully saturated rings. The van der Waals surface area contributed by atoms with Crippen LogP contribution < -0.4 is 9.47 Å². The molecule has 0 saturated carbocycles. The van der Waals surface area contributed by atoms with Crippen molar-refractivity contribution in [2.24, 2.45) is 0 Å². The minimum absolute atomic E-state index is 0.430. The molecule has 2 rings (SSSR count). The summed E-state index contributed by atoms with van der Waals surface area (Å²) in [6, 6.07) is 4.48. The summed E-state index contributed by atoms with van der Waals surface area (Å²) in [5, 5.41) is 0. The third-order valence-corrected chi connectivity index (χ3v) is 3.83. The lowest BCUT2D eigenvalue weighted by atomic mass is 10.0. The fourth-order valence-electron chi connectivity index (χ4n) is 1.93. The SMILES string of the molecule is COc1ccc(I)c2c1CC(N(C)C)CO2. The fourth-order valence-corrected chi connectivity index (χ4v) is 2.59. The predicted octanol–water partition coefficient (Wildman–Crippen LogP) is 2.16. The van der Waals surface area contributed by atoms with E-state index < -0.39 is 0 Å². The Labute approximate surface area is 110 Å². The summed E-state index contributed by atoms with van der Waals surface area (Å²) in [6.07, 6.45) is 0.988. The van der Waals surface area contributed by atoms with Crippen LogP contribution in [0.15, 0.2) is 12.1 Å². The van der Waals surface area contributed by atoms with Crippen LogP contribution >= 0.6 is 22.6 Å². The zero-order valence-electron chi connectivity index (χ0n) is 9.79. The molecule has 88 valence electrons. The third kappa shape index (κ3) is 2.13. The fraction of sp³-hybridized carbons (Fsp3) is 0.500. The molecule has 0 saturated heterocycles. The molecule has 1 aliphatic heterocycles. The van der Waals surface area contributed by atoms with Crippen molar-refractivity contribution < 1.29 is 9.47 Å². The Morgan fingerprint density at radius 1 is 1.44 bits per heavy atom. The number of likely N-dealkylation sites (N-methyl/N-ethyl adjacent to an activating group) is 1. The van der Waals surface area contributed by atoms with E-state index in [4.69, 9.17) is 9.47 Å². The van der Waals surface area contributed by atoms with Gasteiger partial charge in [0.05, 0.1) is 10.7 Å². The number of hydrogen-bond acceptors (Lipinski definition) is 3. The highest BCUT2D eigenvalue weighted by Gasteiger charge is 2.25. The van der Waals surface area contributed by atoms with E-state index >= 15 is 0 Å². The lowest BCUT2D eigenvalue weighted by Crippen LogP contribution is -2.38. The van der Waals surface area contributed by atoms with Crippen LogP contribution in [0.1, 0.15) is 5.56 Å². The van der Waals surface area contributed by atoms with E-state index in [1.54, 1.807) is 7.11 Å². The Bertz CT molecular complexity index is 393. The van der Waals surface area contributed by atoms with E-state index in [-0.39, 0.29) is 0 Å². The lowest BCUT2D eigenvalue weighted by Gasteiger charge is -2.31. The van der Waals surface area contributed by atoms with Crippen LogP contribution in [0.25, 0.3) is 0 Å². The number of benzene rings is 1. The van der Waals surface area contributed by atoms with Gasteiger partial charge in [-0.15, -0.1) is 0 Å². The summed E-state index contributed by atoms with van der Waals surface area (Å²) in [5.74, 6) is 1.93. The van der Waals surface area contributed by atoms with Gasteiger partial charge < -0.3 is 14.4 Å². The molecule has 0 radical (unpaired) electrons. The second-order valence-electron chi connectivity index (χ2n) is 4.19. The van der Waals surface area contributed by atoms with E-state index in [9.17, 15) is 0 Å². The van der Waals surface area contributed by atoms with Crippen LogP contribution in [0, 0.1) is 3.57 Å². The Balaban J connectivity index is 2.38. The molecule has 16 heavy (non-hydrogen) atoms. The largest absolute Gasteiger partial charge is 0.496 e. The van der Waals surface area contributed by atoms with Gasteiger partial charge in [0.15, 0.2) is 0 Å². The molecule has 4 heteroatoms. The van der Waals surface area contributed by atoms with Crippen molar-refractivity contribution in [3.8, 4) is 11.5 Å². The Kier molecular flexibility index (Phi) is 3.59. The van der Waals surface area contributed by atoms with Gasteiger partial charge in [0, 0.05) is 11.6 Å². The molecule has 1 heterocycles. The van der Waals surface area contributed by atoms with Crippen LogP contribution in [-0.2, 0) is 6.42 Å². The molecule has 0 N–H and O–H groups in total. The summed E-state index contributed by atoms with van der Waals surface area (Å²) in [7, 11) is 5.88. The van der Waals surface area contributed by atoms with Crippen molar-refractivity contribution in [1.82, 2.24) is 4.90 Å². The van der Waals surface area contributed by atoms with E-state index in [0.29, 0.717) is 6.04 Å². The van der Waals surface area contributed by atoms with Gasteiger partial charge in [-0.25, -0.2) is 0 Å². The molecule has 1 atom stereocenters. The quantitative estimate of drug-likeness (QED) is 0.775. The molecule has 0 bridgehead atoms. The topological polar surface area (TPSA) is 21.7 Å². The molecule has 0 aromatic heterocycles. The molecule has 0 aliphatic carbocycles. The molecule has 1 aliphatic rings. The first-order chi connectivity index (χ1) is 7.63. The third-order valence-electron chi connectivity index (χ3n) is 2.98. The zero-order valence-corrected chi connectivity index (χ0v) is 11.9. The molecular weight excluding hydrogens is 317 g/mol. The zero-order chi connectivity index (χ0) is 11.7. The van der Waals surface area contributed by atoms with Gasteiger partial charge in [0.2, 0.25) is 0 Å². The minimum atomic E-state index is 0.430. The van der Waals surface area contributed by atoms with Gasteiger partial charge >= 0.3 is 0 Å². The average Bonchev–Trinajstić information content (AvgIpc) is 2.29. The first kappa shape index (κ1) is 12.0. The number of nitrogens with zero attached hydrogens (tertiary/aromatic N) is 1. The monoisotopic (exact) mass is 333 g/mol. The van der Waals surface area contributed by atoms with Crippen LogP contribution in [0.3, 0.4) is 0 Å². The first-order valence-corrected chi connectivity index (χ1v) is 6.36. The van der Waals surface area contributed by atoms with Gasteiger partial charge in [-0.1, -0.05) is 0 Å². The maximum atomic E-state index is 5.84. The Morgan fingerprint density at radius 2 is 2.19 bits per heavy atom. The van der Waals surface area contributed by atoms with E-state index in [2.05, 4.69) is 41.6 Å². The van der Waals surface area contributed by atoms with Gasteiger partial charge in [-0.2, -0.15) is 0 Å². The van der Waals surface area contributed by atoms with Gasteiger partial charge in [-0.3, -0.25) is 0 Å². The average molecular weight is 333 g/mol. The molecule has 0 amide bonds. The van der Waals surface area contributed by atoms with Crippen molar-refractivity contribution in [2.75, 3.05) is 27.8 Å². The van der Waals surface area contributed by atoms with Gasteiger partial charge in [0.1, 0.15) is 18.1 Å². The maximum Gasteiger partial charge on any atom is 0.139 e. The van der Waals surface area contributed by atoms with Gasteiger partial charge in [-0.05, 0) is 55.2 Å². The number of ether oxygens (including phenoxy) is 2. The summed E-state index contributed by atoms with van der Waals surface area (Å²) < 4.78 is 12.4. The van der Waals surface area contributed by atoms with Crippen molar-refractivity contribution in [3.63, 3.8) is 0 Å². The van der Waals surface area contributed by atoms with E-state index in [1.165, 1.54) is 5.56 Å². The first-order valence-electron chi connectivity index (χ1n) is 5.28. The van der Waals surface area contributed by atoms with Crippen molar-refractivity contribution in [1.29, 1.82) is 0 Å². The number of rotatable bonds is 2. The van der Waals surface area contributed by atoms with E-state index in [1.807, 2.05) is 12.1 Å². The van der Waals surface area contributed by atoms with E-state index in [0.717, 1.165) is 28.1 Å². The highest BCUT2D eigenvalue weighted by molar-refractivity contribution is 14.1. The van der Waals surface area contributed by atoms with Crippen LogP contribution in [0.2, 0.25) is 0 Å². The van der Waals surface area contributed by atoms with Crippen LogP contribution in [-0.4, -0.2) is 38.8 Å². The second kappa shape index (κ2) is 4.79. The summed E-state index contributed by atoms with van der Waals surface area (Å²) >= 11 is 2.31. The number of hydrogen-bond donors (Lipinski definition) is 0. The van der Waals surface area contributed by atoms with Crippen molar-refractivity contribution in [2.45, 2.75) is 12.5 Å². The van der Waals surface area contributed by atoms with Gasteiger partial charge in [0.25, 0.3) is 0 Å². The number of methoxy groups -OCH3 is 1. The highest BCUT2D eigenvalue weighted by atomic mass is 127. The van der Waals surface area contributed by atoms with Crippen LogP contribution in [0.4, 0.5) is 0 Å². The smallest absolute Gasteiger partial charge is 0.139 e. The molecule has 1 aromatic rings. The molecular formula is C12H16INO2. The Morgan fingerprint density at radius 3 is 2.81 bits per heavy atom. The predicted molar refractivity (Wildman–Crippen MR) is 72.4 cm³/mol. The summed E-state index contributed by atoms with van der Waals surface area (Å²) in [6.45, 7) is 0.753. The normalized spacial score (nSPS) is 19.2. The van der Waals surface area contributed by atoms with Crippen molar-refractivity contribution in [3.05, 3.63) is 21.3 Å². The molecule has 1 unspecified atom stereocenters. The standard InChI is InChI=1S/C12H16INO2/c1-14(2)8-6-9-11(15-3)5-4-10(13)12(9)16-7-8/h4-5,8H,6-7H2,1-3H3. The molecule has 1 aromatic carbocycles. The minimum Gasteiger partial charge on any atom is -0.496 e. The number of fused-ring (bicyclic) bond motifs is 1. The van der Waals surface area contributed by atoms with Crippen molar-refractivity contribution >= 4 is 22.6 Å². The molecule has 0 spiro atoms. The Hall–Kier alpha value is -0.490. The summed E-state index contributed by atoms with van der Waals surface area (Å²) in [4.78, 5) is 2.20.